The van der Waals surface area contributed by atoms with Crippen molar-refractivity contribution in [3.63, 3.8) is 0 Å². The minimum atomic E-state index is 0.252. The molecule has 0 amide bonds. The van der Waals surface area contributed by atoms with Crippen LogP contribution in [0.25, 0.3) is 11.1 Å². The van der Waals surface area contributed by atoms with Crippen LogP contribution in [0.1, 0.15) is 16.7 Å². The van der Waals surface area contributed by atoms with Crippen LogP contribution >= 0.6 is 12.2 Å². The van der Waals surface area contributed by atoms with Gasteiger partial charge in [-0.05, 0) is 36.6 Å². The number of aromatic hydroxyl groups is 1. The molecule has 0 saturated heterocycles. The molecule has 2 nitrogen and oxygen atoms in total. The zero-order valence-electron chi connectivity index (χ0n) is 10.4. The molecule has 0 aliphatic rings. The Bertz CT molecular complexity index is 600. The van der Waals surface area contributed by atoms with Crippen molar-refractivity contribution in [1.82, 2.24) is 0 Å². The second-order valence-corrected chi connectivity index (χ2v) is 4.77. The first-order valence-electron chi connectivity index (χ1n) is 5.70. The van der Waals surface area contributed by atoms with Crippen LogP contribution in [0.4, 0.5) is 0 Å². The van der Waals surface area contributed by atoms with E-state index in [1.54, 1.807) is 6.07 Å². The van der Waals surface area contributed by atoms with Crippen molar-refractivity contribution in [2.45, 2.75) is 13.8 Å². The summed E-state index contributed by atoms with van der Waals surface area (Å²) in [5.41, 5.74) is 10.3. The summed E-state index contributed by atoms with van der Waals surface area (Å²) in [6.07, 6.45) is 0. The van der Waals surface area contributed by atoms with Crippen LogP contribution in [0.3, 0.4) is 0 Å². The molecule has 2 rings (SSSR count). The van der Waals surface area contributed by atoms with E-state index < -0.39 is 0 Å². The number of phenols is 1. The number of thiocarbonyl (C=S) groups is 1. The Morgan fingerprint density at radius 1 is 1.00 bits per heavy atom. The number of benzene rings is 2. The molecule has 0 atom stereocenters. The molecule has 0 aromatic heterocycles. The summed E-state index contributed by atoms with van der Waals surface area (Å²) in [5.74, 6) is 0.252. The molecule has 0 heterocycles. The van der Waals surface area contributed by atoms with E-state index in [9.17, 15) is 5.11 Å². The van der Waals surface area contributed by atoms with Crippen molar-refractivity contribution in [1.29, 1.82) is 0 Å². The largest absolute Gasteiger partial charge is 0.507 e. The summed E-state index contributed by atoms with van der Waals surface area (Å²) in [7, 11) is 0. The van der Waals surface area contributed by atoms with Gasteiger partial charge in [0.25, 0.3) is 0 Å². The molecule has 18 heavy (non-hydrogen) atoms. The molecule has 92 valence electrons. The van der Waals surface area contributed by atoms with Gasteiger partial charge in [-0.1, -0.05) is 42.5 Å². The molecular formula is C15H15NOS. The topological polar surface area (TPSA) is 46.2 Å². The standard InChI is InChI=1S/C15H15NOS/c1-9-5-3-7-11(15(16)18)13(9)14-10(2)6-4-8-12(14)17/h3-8,17H,1-2H3,(H2,16,18). The van der Waals surface area contributed by atoms with Crippen molar-refractivity contribution in [2.24, 2.45) is 5.73 Å². The van der Waals surface area contributed by atoms with Gasteiger partial charge in [0.15, 0.2) is 0 Å². The number of aryl methyl sites for hydroxylation is 2. The van der Waals surface area contributed by atoms with Gasteiger partial charge in [0.05, 0.1) is 0 Å². The van der Waals surface area contributed by atoms with Gasteiger partial charge in [-0.15, -0.1) is 0 Å². The Kier molecular flexibility index (Phi) is 3.34. The number of hydrogen-bond donors (Lipinski definition) is 2. The van der Waals surface area contributed by atoms with Crippen LogP contribution in [0.15, 0.2) is 36.4 Å². The predicted molar refractivity (Wildman–Crippen MR) is 78.9 cm³/mol. The second-order valence-electron chi connectivity index (χ2n) is 4.33. The minimum absolute atomic E-state index is 0.252. The summed E-state index contributed by atoms with van der Waals surface area (Å²) in [6.45, 7) is 3.95. The van der Waals surface area contributed by atoms with E-state index in [0.717, 1.165) is 27.8 Å². The summed E-state index contributed by atoms with van der Waals surface area (Å²) in [5, 5.41) is 10.1. The molecule has 3 heteroatoms. The maximum absolute atomic E-state index is 10.1. The second kappa shape index (κ2) is 4.78. The maximum atomic E-state index is 10.1. The molecule has 3 N–H and O–H groups in total. The Morgan fingerprint density at radius 2 is 1.56 bits per heavy atom. The first-order valence-corrected chi connectivity index (χ1v) is 6.11. The molecule has 0 spiro atoms. The fraction of sp³-hybridized carbons (Fsp3) is 0.133. The Balaban J connectivity index is 2.82. The van der Waals surface area contributed by atoms with Crippen LogP contribution < -0.4 is 5.73 Å². The number of phenolic OH excluding ortho intramolecular Hbond substituents is 1. The Labute approximate surface area is 112 Å². The van der Waals surface area contributed by atoms with Crippen molar-refractivity contribution in [3.05, 3.63) is 53.1 Å². The highest BCUT2D eigenvalue weighted by Crippen LogP contribution is 2.36. The molecule has 0 aliphatic carbocycles. The van der Waals surface area contributed by atoms with Crippen LogP contribution in [0.5, 0.6) is 5.75 Å². The summed E-state index contributed by atoms with van der Waals surface area (Å²) in [6, 6.07) is 11.3. The van der Waals surface area contributed by atoms with Gasteiger partial charge < -0.3 is 10.8 Å². The summed E-state index contributed by atoms with van der Waals surface area (Å²) in [4.78, 5) is 0.344. The van der Waals surface area contributed by atoms with Gasteiger partial charge in [0.2, 0.25) is 0 Å². The third-order valence-corrected chi connectivity index (χ3v) is 3.26. The number of rotatable bonds is 2. The molecule has 0 fully saturated rings. The lowest BCUT2D eigenvalue weighted by atomic mass is 9.91. The SMILES string of the molecule is Cc1cccc(O)c1-c1c(C)cccc1C(N)=S. The minimum Gasteiger partial charge on any atom is -0.507 e. The average Bonchev–Trinajstić information content (AvgIpc) is 2.30. The fourth-order valence-electron chi connectivity index (χ4n) is 2.18. The Morgan fingerprint density at radius 3 is 2.11 bits per heavy atom. The molecule has 0 saturated carbocycles. The van der Waals surface area contributed by atoms with Crippen LogP contribution in [-0.2, 0) is 0 Å². The third-order valence-electron chi connectivity index (χ3n) is 3.04. The van der Waals surface area contributed by atoms with Crippen LogP contribution in [0.2, 0.25) is 0 Å². The van der Waals surface area contributed by atoms with Crippen molar-refractivity contribution >= 4 is 17.2 Å². The Hall–Kier alpha value is -1.87. The lowest BCUT2D eigenvalue weighted by molar-refractivity contribution is 0.477. The molecule has 0 unspecified atom stereocenters. The summed E-state index contributed by atoms with van der Waals surface area (Å²) < 4.78 is 0. The highest BCUT2D eigenvalue weighted by Gasteiger charge is 2.15. The molecule has 0 bridgehead atoms. The number of nitrogens with two attached hydrogens (primary N) is 1. The average molecular weight is 257 g/mol. The molecule has 0 radical (unpaired) electrons. The maximum Gasteiger partial charge on any atom is 0.123 e. The first kappa shape index (κ1) is 12.6. The van der Waals surface area contributed by atoms with Gasteiger partial charge in [-0.2, -0.15) is 0 Å². The molecule has 0 aliphatic heterocycles. The van der Waals surface area contributed by atoms with E-state index in [-0.39, 0.29) is 5.75 Å². The fourth-order valence-corrected chi connectivity index (χ4v) is 2.35. The highest BCUT2D eigenvalue weighted by atomic mass is 32.1. The zero-order chi connectivity index (χ0) is 13.3. The van der Waals surface area contributed by atoms with E-state index in [1.165, 1.54) is 0 Å². The van der Waals surface area contributed by atoms with Crippen molar-refractivity contribution < 1.29 is 5.11 Å². The first-order chi connectivity index (χ1) is 8.52. The molecule has 2 aromatic rings. The predicted octanol–water partition coefficient (Wildman–Crippen LogP) is 3.31. The normalized spacial score (nSPS) is 10.3. The molecular weight excluding hydrogens is 242 g/mol. The highest BCUT2D eigenvalue weighted by molar-refractivity contribution is 7.80. The monoisotopic (exact) mass is 257 g/mol. The third kappa shape index (κ3) is 2.09. The van der Waals surface area contributed by atoms with Crippen molar-refractivity contribution in [3.8, 4) is 16.9 Å². The van der Waals surface area contributed by atoms with Gasteiger partial charge in [0, 0.05) is 11.1 Å². The zero-order valence-corrected chi connectivity index (χ0v) is 11.2. The van der Waals surface area contributed by atoms with E-state index >= 15 is 0 Å². The van der Waals surface area contributed by atoms with Crippen molar-refractivity contribution in [2.75, 3.05) is 0 Å². The van der Waals surface area contributed by atoms with E-state index in [0.29, 0.717) is 4.99 Å². The van der Waals surface area contributed by atoms with Gasteiger partial charge in [0.1, 0.15) is 10.7 Å². The smallest absolute Gasteiger partial charge is 0.123 e. The quantitative estimate of drug-likeness (QED) is 0.811. The molecule has 2 aromatic carbocycles. The number of hydrogen-bond acceptors (Lipinski definition) is 2. The van der Waals surface area contributed by atoms with E-state index in [1.807, 2.05) is 44.2 Å². The van der Waals surface area contributed by atoms with E-state index in [4.69, 9.17) is 18.0 Å². The summed E-state index contributed by atoms with van der Waals surface area (Å²) >= 11 is 5.09. The lowest BCUT2D eigenvalue weighted by Gasteiger charge is -2.15. The van der Waals surface area contributed by atoms with Crippen LogP contribution in [-0.4, -0.2) is 10.1 Å². The van der Waals surface area contributed by atoms with E-state index in [2.05, 4.69) is 0 Å². The van der Waals surface area contributed by atoms with Gasteiger partial charge in [-0.3, -0.25) is 0 Å². The lowest BCUT2D eigenvalue weighted by Crippen LogP contribution is -2.11. The van der Waals surface area contributed by atoms with Crippen LogP contribution in [0, 0.1) is 13.8 Å². The van der Waals surface area contributed by atoms with Gasteiger partial charge in [-0.25, -0.2) is 0 Å². The van der Waals surface area contributed by atoms with Gasteiger partial charge >= 0.3 is 0 Å².